The summed E-state index contributed by atoms with van der Waals surface area (Å²) in [6, 6.07) is 6.50. The van der Waals surface area contributed by atoms with Crippen LogP contribution >= 0.6 is 0 Å². The van der Waals surface area contributed by atoms with Crippen molar-refractivity contribution in [1.82, 2.24) is 10.6 Å². The molecule has 1 rings (SSSR count). The molecule has 0 aromatic heterocycles. The standard InChI is InChI=1S/C16H20N2O8/c19-13(20)7-6-11(14(21)22)18-16(25)17-8-12(15(23)24)26-9-10-4-2-1-3-5-10/h1-5,11-12H,6-9H2,(H,19,20)(H,21,22)(H,23,24)(H2,17,18,25)/t11-,12?/m0/s1. The number of amides is 2. The van der Waals surface area contributed by atoms with Crippen LogP contribution in [0.2, 0.25) is 0 Å². The maximum atomic E-state index is 11.7. The zero-order valence-electron chi connectivity index (χ0n) is 13.8. The molecule has 2 amide bonds. The highest BCUT2D eigenvalue weighted by Gasteiger charge is 2.23. The maximum Gasteiger partial charge on any atom is 0.334 e. The van der Waals surface area contributed by atoms with Gasteiger partial charge in [-0.1, -0.05) is 30.3 Å². The van der Waals surface area contributed by atoms with Crippen molar-refractivity contribution in [1.29, 1.82) is 0 Å². The second-order valence-electron chi connectivity index (χ2n) is 5.30. The van der Waals surface area contributed by atoms with Gasteiger partial charge in [-0.05, 0) is 12.0 Å². The molecule has 5 N–H and O–H groups in total. The largest absolute Gasteiger partial charge is 0.481 e. The summed E-state index contributed by atoms with van der Waals surface area (Å²) < 4.78 is 5.24. The van der Waals surface area contributed by atoms with E-state index in [1.54, 1.807) is 30.3 Å². The van der Waals surface area contributed by atoms with Crippen LogP contribution in [-0.4, -0.2) is 57.9 Å². The molecule has 0 aliphatic heterocycles. The zero-order chi connectivity index (χ0) is 19.5. The third-order valence-electron chi connectivity index (χ3n) is 3.27. The first-order chi connectivity index (χ1) is 12.3. The number of hydrogen-bond acceptors (Lipinski definition) is 5. The van der Waals surface area contributed by atoms with Gasteiger partial charge < -0.3 is 30.7 Å². The fraction of sp³-hybridized carbons (Fsp3) is 0.375. The highest BCUT2D eigenvalue weighted by atomic mass is 16.5. The predicted octanol–water partition coefficient (Wildman–Crippen LogP) is 0.274. The Hall–Kier alpha value is -3.14. The second-order valence-corrected chi connectivity index (χ2v) is 5.30. The number of carboxylic acid groups (broad SMARTS) is 3. The molecule has 0 radical (unpaired) electrons. The van der Waals surface area contributed by atoms with Crippen molar-refractivity contribution in [3.8, 4) is 0 Å². The highest BCUT2D eigenvalue weighted by molar-refractivity contribution is 5.83. The van der Waals surface area contributed by atoms with Crippen LogP contribution in [0.5, 0.6) is 0 Å². The van der Waals surface area contributed by atoms with Gasteiger partial charge in [0.25, 0.3) is 0 Å². The van der Waals surface area contributed by atoms with Crippen LogP contribution in [0.1, 0.15) is 18.4 Å². The van der Waals surface area contributed by atoms with Gasteiger partial charge in [0, 0.05) is 6.42 Å². The molecule has 0 saturated carbocycles. The molecule has 0 saturated heterocycles. The molecule has 0 bridgehead atoms. The molecule has 0 aliphatic rings. The molecule has 1 aromatic carbocycles. The summed E-state index contributed by atoms with van der Waals surface area (Å²) in [5.74, 6) is -3.88. The fourth-order valence-electron chi connectivity index (χ4n) is 1.91. The van der Waals surface area contributed by atoms with E-state index in [2.05, 4.69) is 10.6 Å². The molecule has 0 spiro atoms. The molecule has 0 fully saturated rings. The number of carbonyl (C=O) groups is 4. The highest BCUT2D eigenvalue weighted by Crippen LogP contribution is 2.04. The van der Waals surface area contributed by atoms with Gasteiger partial charge in [-0.3, -0.25) is 4.79 Å². The van der Waals surface area contributed by atoms with E-state index in [1.807, 2.05) is 0 Å². The number of aliphatic carboxylic acids is 3. The van der Waals surface area contributed by atoms with Gasteiger partial charge in [-0.15, -0.1) is 0 Å². The van der Waals surface area contributed by atoms with Gasteiger partial charge in [0.05, 0.1) is 13.2 Å². The van der Waals surface area contributed by atoms with Gasteiger partial charge in [0.1, 0.15) is 6.04 Å². The average Bonchev–Trinajstić information content (AvgIpc) is 2.58. The van der Waals surface area contributed by atoms with Crippen molar-refractivity contribution in [2.75, 3.05) is 6.54 Å². The Bertz CT molecular complexity index is 634. The van der Waals surface area contributed by atoms with E-state index in [1.165, 1.54) is 0 Å². The minimum atomic E-state index is -1.40. The van der Waals surface area contributed by atoms with Crippen LogP contribution in [0.25, 0.3) is 0 Å². The molecule has 10 heteroatoms. The Labute approximate surface area is 148 Å². The van der Waals surface area contributed by atoms with Crippen LogP contribution in [0.4, 0.5) is 4.79 Å². The molecule has 0 aliphatic carbocycles. The van der Waals surface area contributed by atoms with E-state index >= 15 is 0 Å². The Morgan fingerprint density at radius 1 is 1.00 bits per heavy atom. The molecule has 2 atom stereocenters. The smallest absolute Gasteiger partial charge is 0.334 e. The van der Waals surface area contributed by atoms with Crippen LogP contribution < -0.4 is 10.6 Å². The summed E-state index contributed by atoms with van der Waals surface area (Å²) in [6.45, 7) is -0.364. The number of carboxylic acids is 3. The molecular formula is C16H20N2O8. The molecule has 1 unspecified atom stereocenters. The summed E-state index contributed by atoms with van der Waals surface area (Å²) in [5, 5.41) is 30.9. The second kappa shape index (κ2) is 10.7. The topological polar surface area (TPSA) is 162 Å². The predicted molar refractivity (Wildman–Crippen MR) is 87.5 cm³/mol. The fourth-order valence-corrected chi connectivity index (χ4v) is 1.91. The number of benzene rings is 1. The van der Waals surface area contributed by atoms with Crippen molar-refractivity contribution in [2.24, 2.45) is 0 Å². The zero-order valence-corrected chi connectivity index (χ0v) is 13.8. The molecule has 0 heterocycles. The Morgan fingerprint density at radius 3 is 2.19 bits per heavy atom. The van der Waals surface area contributed by atoms with Crippen LogP contribution in [0.3, 0.4) is 0 Å². The molecule has 1 aromatic rings. The molecule has 10 nitrogen and oxygen atoms in total. The van der Waals surface area contributed by atoms with Crippen molar-refractivity contribution in [3.63, 3.8) is 0 Å². The first-order valence-corrected chi connectivity index (χ1v) is 7.67. The Morgan fingerprint density at radius 2 is 1.65 bits per heavy atom. The lowest BCUT2D eigenvalue weighted by Gasteiger charge is -2.17. The van der Waals surface area contributed by atoms with Crippen molar-refractivity contribution >= 4 is 23.9 Å². The lowest BCUT2D eigenvalue weighted by molar-refractivity contribution is -0.150. The van der Waals surface area contributed by atoms with Crippen molar-refractivity contribution < 1.29 is 39.2 Å². The van der Waals surface area contributed by atoms with E-state index in [4.69, 9.17) is 20.1 Å². The summed E-state index contributed by atoms with van der Waals surface area (Å²) in [6.07, 6.45) is -2.07. The monoisotopic (exact) mass is 368 g/mol. The number of rotatable bonds is 11. The van der Waals surface area contributed by atoms with Gasteiger partial charge in [0.2, 0.25) is 0 Å². The number of ether oxygens (including phenoxy) is 1. The quantitative estimate of drug-likeness (QED) is 0.372. The van der Waals surface area contributed by atoms with E-state index in [0.717, 1.165) is 5.56 Å². The first-order valence-electron chi connectivity index (χ1n) is 7.67. The lowest BCUT2D eigenvalue weighted by Crippen LogP contribution is -2.49. The normalized spacial score (nSPS) is 12.6. The van der Waals surface area contributed by atoms with Gasteiger partial charge in [0.15, 0.2) is 6.10 Å². The minimum Gasteiger partial charge on any atom is -0.481 e. The van der Waals surface area contributed by atoms with Crippen molar-refractivity contribution in [3.05, 3.63) is 35.9 Å². The third-order valence-corrected chi connectivity index (χ3v) is 3.27. The van der Waals surface area contributed by atoms with Crippen LogP contribution in [0, 0.1) is 0 Å². The van der Waals surface area contributed by atoms with Gasteiger partial charge in [-0.25, -0.2) is 14.4 Å². The van der Waals surface area contributed by atoms with Crippen molar-refractivity contribution in [2.45, 2.75) is 31.6 Å². The minimum absolute atomic E-state index is 0.0253. The van der Waals surface area contributed by atoms with Gasteiger partial charge >= 0.3 is 23.9 Å². The Balaban J connectivity index is 2.48. The van der Waals surface area contributed by atoms with E-state index in [9.17, 15) is 19.2 Å². The van der Waals surface area contributed by atoms with E-state index in [-0.39, 0.29) is 19.6 Å². The molecular weight excluding hydrogens is 348 g/mol. The molecule has 142 valence electrons. The van der Waals surface area contributed by atoms with Gasteiger partial charge in [-0.2, -0.15) is 0 Å². The SMILES string of the molecule is O=C(O)CC[C@H](NC(=O)NCC(OCc1ccccc1)C(=O)O)C(=O)O. The number of hydrogen-bond donors (Lipinski definition) is 5. The third kappa shape index (κ3) is 8.11. The summed E-state index contributed by atoms with van der Waals surface area (Å²) in [5.41, 5.74) is 0.753. The summed E-state index contributed by atoms with van der Waals surface area (Å²) >= 11 is 0. The molecule has 26 heavy (non-hydrogen) atoms. The average molecular weight is 368 g/mol. The van der Waals surface area contributed by atoms with E-state index in [0.29, 0.717) is 0 Å². The number of nitrogens with one attached hydrogen (secondary N) is 2. The maximum absolute atomic E-state index is 11.7. The lowest BCUT2D eigenvalue weighted by atomic mass is 10.1. The Kier molecular flexibility index (Phi) is 8.58. The van der Waals surface area contributed by atoms with Crippen LogP contribution in [-0.2, 0) is 25.7 Å². The van der Waals surface area contributed by atoms with E-state index < -0.39 is 42.5 Å². The summed E-state index contributed by atoms with van der Waals surface area (Å²) in [4.78, 5) is 44.4. The number of urea groups is 1. The summed E-state index contributed by atoms with van der Waals surface area (Å²) in [7, 11) is 0. The number of carbonyl (C=O) groups excluding carboxylic acids is 1. The van der Waals surface area contributed by atoms with Crippen LogP contribution in [0.15, 0.2) is 30.3 Å². The first kappa shape index (κ1) is 20.9.